The molecule has 2 amide bonds. The highest BCUT2D eigenvalue weighted by atomic mass is 35.5. The van der Waals surface area contributed by atoms with Crippen LogP contribution in [-0.2, 0) is 4.79 Å². The average molecular weight is 377 g/mol. The fraction of sp³-hybridized carbons (Fsp3) is 0.579. The molecule has 1 aromatic rings. The van der Waals surface area contributed by atoms with Gasteiger partial charge >= 0.3 is 0 Å². The van der Waals surface area contributed by atoms with E-state index in [-0.39, 0.29) is 11.8 Å². The molecule has 0 bridgehead atoms. The topological polar surface area (TPSA) is 55.9 Å². The van der Waals surface area contributed by atoms with Crippen LogP contribution in [0.2, 0.25) is 5.02 Å². The Balaban J connectivity index is 1.48. The number of carbonyl (C=O) groups is 2. The number of piperazine rings is 1. The first-order valence-corrected chi connectivity index (χ1v) is 9.85. The Bertz CT molecular complexity index is 705. The molecule has 3 heterocycles. The number of rotatable bonds is 3. The zero-order valence-corrected chi connectivity index (χ0v) is 15.7. The summed E-state index contributed by atoms with van der Waals surface area (Å²) in [5.41, 5.74) is 1.28. The Kier molecular flexibility index (Phi) is 5.16. The molecular formula is C19H25ClN4O2. The minimum absolute atomic E-state index is 0.0267. The Morgan fingerprint density at radius 2 is 1.96 bits per heavy atom. The minimum atomic E-state index is -0.0267. The smallest absolute Gasteiger partial charge is 0.255 e. The third-order valence-electron chi connectivity index (χ3n) is 5.68. The average Bonchev–Trinajstić information content (AvgIpc) is 3.32. The fourth-order valence-corrected chi connectivity index (χ4v) is 4.41. The first-order chi connectivity index (χ1) is 12.6. The van der Waals surface area contributed by atoms with E-state index in [1.807, 2.05) is 11.0 Å². The summed E-state index contributed by atoms with van der Waals surface area (Å²) < 4.78 is 0. The first-order valence-electron chi connectivity index (χ1n) is 9.47. The van der Waals surface area contributed by atoms with Gasteiger partial charge in [0.2, 0.25) is 5.91 Å². The SMILES string of the molecule is O=C(c1cc(N2CCCC2=O)ccc1Cl)N1CCC(N2CCNCC2)C1. The predicted molar refractivity (Wildman–Crippen MR) is 102 cm³/mol. The highest BCUT2D eigenvalue weighted by Crippen LogP contribution is 2.28. The number of hydrogen-bond acceptors (Lipinski definition) is 4. The van der Waals surface area contributed by atoms with Crippen molar-refractivity contribution in [3.8, 4) is 0 Å². The van der Waals surface area contributed by atoms with E-state index in [1.54, 1.807) is 17.0 Å². The van der Waals surface area contributed by atoms with Gasteiger partial charge in [-0.3, -0.25) is 14.5 Å². The van der Waals surface area contributed by atoms with Crippen molar-refractivity contribution in [2.24, 2.45) is 0 Å². The zero-order valence-electron chi connectivity index (χ0n) is 14.9. The van der Waals surface area contributed by atoms with E-state index in [4.69, 9.17) is 11.6 Å². The highest BCUT2D eigenvalue weighted by molar-refractivity contribution is 6.34. The second kappa shape index (κ2) is 7.55. The van der Waals surface area contributed by atoms with E-state index in [2.05, 4.69) is 10.2 Å². The Morgan fingerprint density at radius 1 is 1.15 bits per heavy atom. The van der Waals surface area contributed by atoms with E-state index in [0.717, 1.165) is 57.8 Å². The lowest BCUT2D eigenvalue weighted by Gasteiger charge is -2.32. The maximum Gasteiger partial charge on any atom is 0.255 e. The molecule has 0 radical (unpaired) electrons. The molecule has 0 saturated carbocycles. The van der Waals surface area contributed by atoms with Crippen molar-refractivity contribution in [2.75, 3.05) is 50.7 Å². The van der Waals surface area contributed by atoms with Crippen LogP contribution in [0.4, 0.5) is 5.69 Å². The Labute approximate surface area is 159 Å². The predicted octanol–water partition coefficient (Wildman–Crippen LogP) is 1.59. The van der Waals surface area contributed by atoms with Gasteiger partial charge in [0.25, 0.3) is 5.91 Å². The minimum Gasteiger partial charge on any atom is -0.337 e. The molecule has 3 fully saturated rings. The lowest BCUT2D eigenvalue weighted by atomic mass is 10.1. The van der Waals surface area contributed by atoms with Gasteiger partial charge in [0, 0.05) is 64.0 Å². The summed E-state index contributed by atoms with van der Waals surface area (Å²) in [6.45, 7) is 6.34. The van der Waals surface area contributed by atoms with Crippen LogP contribution in [0.25, 0.3) is 0 Å². The van der Waals surface area contributed by atoms with Crippen molar-refractivity contribution >= 4 is 29.1 Å². The molecule has 4 rings (SSSR count). The molecule has 0 aliphatic carbocycles. The lowest BCUT2D eigenvalue weighted by Crippen LogP contribution is -2.49. The van der Waals surface area contributed by atoms with E-state index in [1.165, 1.54) is 0 Å². The quantitative estimate of drug-likeness (QED) is 0.870. The number of hydrogen-bond donors (Lipinski definition) is 1. The molecule has 0 aromatic heterocycles. The largest absolute Gasteiger partial charge is 0.337 e. The van der Waals surface area contributed by atoms with Crippen molar-refractivity contribution in [1.29, 1.82) is 0 Å². The second-order valence-corrected chi connectivity index (χ2v) is 7.70. The summed E-state index contributed by atoms with van der Waals surface area (Å²) in [7, 11) is 0. The number of carbonyl (C=O) groups excluding carboxylic acids is 2. The second-order valence-electron chi connectivity index (χ2n) is 7.29. The van der Waals surface area contributed by atoms with Crippen molar-refractivity contribution in [3.05, 3.63) is 28.8 Å². The summed E-state index contributed by atoms with van der Waals surface area (Å²) in [6, 6.07) is 5.78. The molecule has 0 spiro atoms. The third kappa shape index (κ3) is 3.46. The van der Waals surface area contributed by atoms with Crippen LogP contribution in [0.5, 0.6) is 0 Å². The molecule has 1 aromatic carbocycles. The number of benzene rings is 1. The zero-order chi connectivity index (χ0) is 18.1. The normalized spacial score (nSPS) is 24.5. The molecule has 3 aliphatic heterocycles. The van der Waals surface area contributed by atoms with E-state index in [0.29, 0.717) is 29.6 Å². The maximum absolute atomic E-state index is 13.1. The Morgan fingerprint density at radius 3 is 2.69 bits per heavy atom. The molecule has 1 atom stereocenters. The van der Waals surface area contributed by atoms with Gasteiger partial charge < -0.3 is 15.1 Å². The van der Waals surface area contributed by atoms with Gasteiger partial charge in [-0.1, -0.05) is 11.6 Å². The number of amides is 2. The van der Waals surface area contributed by atoms with Crippen molar-refractivity contribution in [2.45, 2.75) is 25.3 Å². The molecule has 7 heteroatoms. The van der Waals surface area contributed by atoms with E-state index in [9.17, 15) is 9.59 Å². The number of likely N-dealkylation sites (tertiary alicyclic amines) is 1. The molecule has 1 N–H and O–H groups in total. The molecule has 3 saturated heterocycles. The third-order valence-corrected chi connectivity index (χ3v) is 6.01. The van der Waals surface area contributed by atoms with Crippen molar-refractivity contribution in [3.63, 3.8) is 0 Å². The van der Waals surface area contributed by atoms with Crippen LogP contribution in [-0.4, -0.2) is 73.5 Å². The summed E-state index contributed by atoms with van der Waals surface area (Å²) in [5, 5.41) is 3.82. The molecule has 140 valence electrons. The lowest BCUT2D eigenvalue weighted by molar-refractivity contribution is -0.117. The van der Waals surface area contributed by atoms with Crippen LogP contribution in [0.1, 0.15) is 29.6 Å². The molecule has 6 nitrogen and oxygen atoms in total. The molecular weight excluding hydrogens is 352 g/mol. The molecule has 1 unspecified atom stereocenters. The number of nitrogens with zero attached hydrogens (tertiary/aromatic N) is 3. The van der Waals surface area contributed by atoms with Crippen LogP contribution in [0, 0.1) is 0 Å². The summed E-state index contributed by atoms with van der Waals surface area (Å²) in [5.74, 6) is 0.0896. The monoisotopic (exact) mass is 376 g/mol. The van der Waals surface area contributed by atoms with Crippen LogP contribution in [0.3, 0.4) is 0 Å². The summed E-state index contributed by atoms with van der Waals surface area (Å²) >= 11 is 6.33. The Hall–Kier alpha value is -1.63. The molecule has 26 heavy (non-hydrogen) atoms. The van der Waals surface area contributed by atoms with Gasteiger partial charge in [0.15, 0.2) is 0 Å². The van der Waals surface area contributed by atoms with E-state index >= 15 is 0 Å². The van der Waals surface area contributed by atoms with Crippen molar-refractivity contribution < 1.29 is 9.59 Å². The van der Waals surface area contributed by atoms with Crippen LogP contribution in [0.15, 0.2) is 18.2 Å². The van der Waals surface area contributed by atoms with Crippen LogP contribution < -0.4 is 10.2 Å². The number of anilines is 1. The van der Waals surface area contributed by atoms with E-state index < -0.39 is 0 Å². The van der Waals surface area contributed by atoms with Crippen LogP contribution >= 0.6 is 11.6 Å². The van der Waals surface area contributed by atoms with Gasteiger partial charge in [-0.15, -0.1) is 0 Å². The number of halogens is 1. The van der Waals surface area contributed by atoms with Gasteiger partial charge in [0.05, 0.1) is 10.6 Å². The highest BCUT2D eigenvalue weighted by Gasteiger charge is 2.32. The number of nitrogens with one attached hydrogen (secondary N) is 1. The van der Waals surface area contributed by atoms with Gasteiger partial charge in [-0.05, 0) is 31.0 Å². The maximum atomic E-state index is 13.1. The summed E-state index contributed by atoms with van der Waals surface area (Å²) in [4.78, 5) is 31.2. The first kappa shape index (κ1) is 17.8. The fourth-order valence-electron chi connectivity index (χ4n) is 4.21. The molecule has 3 aliphatic rings. The van der Waals surface area contributed by atoms with Crippen molar-refractivity contribution in [1.82, 2.24) is 15.1 Å². The van der Waals surface area contributed by atoms with Gasteiger partial charge in [-0.2, -0.15) is 0 Å². The van der Waals surface area contributed by atoms with Gasteiger partial charge in [-0.25, -0.2) is 0 Å². The standard InChI is InChI=1S/C19H25ClN4O2/c20-17-4-3-14(24-8-1-2-18(24)25)12-16(17)19(26)23-9-5-15(13-23)22-10-6-21-7-11-22/h3-4,12,15,21H,1-2,5-11,13H2. The van der Waals surface area contributed by atoms with Gasteiger partial charge in [0.1, 0.15) is 0 Å². The summed E-state index contributed by atoms with van der Waals surface area (Å²) in [6.07, 6.45) is 2.45.